The molecule has 1 aromatic carbocycles. The van der Waals surface area contributed by atoms with E-state index in [0.717, 1.165) is 30.0 Å². The second kappa shape index (κ2) is 11.2. The number of nitrogens with zero attached hydrogens (tertiary/aromatic N) is 1. The third-order valence-electron chi connectivity index (χ3n) is 4.04. The fourth-order valence-corrected chi connectivity index (χ4v) is 2.60. The average Bonchev–Trinajstić information content (AvgIpc) is 3.07. The molecule has 2 aromatic rings. The number of methoxy groups -OCH3 is 1. The first-order chi connectivity index (χ1) is 12.5. The molecular formula is C20H30IN3O3. The van der Waals surface area contributed by atoms with Gasteiger partial charge in [0.2, 0.25) is 0 Å². The number of para-hydroxylation sites is 1. The Morgan fingerprint density at radius 1 is 1.22 bits per heavy atom. The van der Waals surface area contributed by atoms with Crippen molar-refractivity contribution in [3.63, 3.8) is 0 Å². The van der Waals surface area contributed by atoms with Crippen molar-refractivity contribution in [2.75, 3.05) is 26.7 Å². The van der Waals surface area contributed by atoms with E-state index >= 15 is 0 Å². The number of ether oxygens (including phenoxy) is 1. The minimum atomic E-state index is -1.15. The van der Waals surface area contributed by atoms with Crippen LogP contribution in [0.3, 0.4) is 0 Å². The molecule has 1 heterocycles. The molecule has 0 saturated carbocycles. The summed E-state index contributed by atoms with van der Waals surface area (Å²) in [6.07, 6.45) is 0.808. The number of halogens is 1. The Balaban J connectivity index is 0.00000364. The second-order valence-corrected chi connectivity index (χ2v) is 6.37. The number of aliphatic hydroxyl groups is 1. The molecule has 27 heavy (non-hydrogen) atoms. The van der Waals surface area contributed by atoms with Gasteiger partial charge < -0.3 is 24.9 Å². The number of aliphatic imine (C=N–C) groups is 1. The van der Waals surface area contributed by atoms with Crippen molar-refractivity contribution < 1.29 is 14.3 Å². The van der Waals surface area contributed by atoms with Gasteiger partial charge in [-0.1, -0.05) is 18.2 Å². The van der Waals surface area contributed by atoms with Crippen LogP contribution < -0.4 is 15.4 Å². The van der Waals surface area contributed by atoms with Crippen molar-refractivity contribution in [2.24, 2.45) is 4.99 Å². The standard InChI is InChI=1S/C20H29N3O3.HI/c1-5-21-19(22-13-12-16-8-6-7-9-17(16)25-4)23-14-20(3,24)18-11-10-15(2)26-18;/h6-11,24H,5,12-14H2,1-4H3,(H2,21,22,23);1H. The van der Waals surface area contributed by atoms with Gasteiger partial charge in [-0.3, -0.25) is 0 Å². The third-order valence-corrected chi connectivity index (χ3v) is 4.04. The van der Waals surface area contributed by atoms with E-state index in [-0.39, 0.29) is 30.5 Å². The SMILES string of the molecule is CCNC(=NCC(C)(O)c1ccc(C)o1)NCCc1ccccc1OC.I. The summed E-state index contributed by atoms with van der Waals surface area (Å²) in [5.41, 5.74) is -0.0179. The van der Waals surface area contributed by atoms with Gasteiger partial charge in [0.1, 0.15) is 22.9 Å². The van der Waals surface area contributed by atoms with Gasteiger partial charge >= 0.3 is 0 Å². The topological polar surface area (TPSA) is 79.0 Å². The van der Waals surface area contributed by atoms with Crippen molar-refractivity contribution in [1.82, 2.24) is 10.6 Å². The highest BCUT2D eigenvalue weighted by Gasteiger charge is 2.26. The highest BCUT2D eigenvalue weighted by molar-refractivity contribution is 14.0. The van der Waals surface area contributed by atoms with E-state index in [2.05, 4.69) is 21.7 Å². The summed E-state index contributed by atoms with van der Waals surface area (Å²) < 4.78 is 10.9. The molecule has 7 heteroatoms. The fourth-order valence-electron chi connectivity index (χ4n) is 2.60. The summed E-state index contributed by atoms with van der Waals surface area (Å²) in [4.78, 5) is 4.50. The first-order valence-corrected chi connectivity index (χ1v) is 8.89. The van der Waals surface area contributed by atoms with E-state index in [1.54, 1.807) is 20.1 Å². The molecule has 0 amide bonds. The lowest BCUT2D eigenvalue weighted by Gasteiger charge is -2.20. The summed E-state index contributed by atoms with van der Waals surface area (Å²) in [6.45, 7) is 7.20. The Morgan fingerprint density at radius 2 is 1.96 bits per heavy atom. The Labute approximate surface area is 178 Å². The van der Waals surface area contributed by atoms with Crippen molar-refractivity contribution in [1.29, 1.82) is 0 Å². The quantitative estimate of drug-likeness (QED) is 0.303. The van der Waals surface area contributed by atoms with Gasteiger partial charge in [-0.15, -0.1) is 24.0 Å². The van der Waals surface area contributed by atoms with Crippen LogP contribution in [0.5, 0.6) is 5.75 Å². The smallest absolute Gasteiger partial charge is 0.191 e. The molecule has 1 atom stereocenters. The summed E-state index contributed by atoms with van der Waals surface area (Å²) in [5, 5.41) is 17.1. The van der Waals surface area contributed by atoms with Crippen LogP contribution in [0.1, 0.15) is 30.9 Å². The van der Waals surface area contributed by atoms with E-state index in [9.17, 15) is 5.11 Å². The van der Waals surface area contributed by atoms with Crippen LogP contribution >= 0.6 is 24.0 Å². The molecular weight excluding hydrogens is 457 g/mol. The fraction of sp³-hybridized carbons (Fsp3) is 0.450. The minimum absolute atomic E-state index is 0. The lowest BCUT2D eigenvalue weighted by molar-refractivity contribution is 0.0428. The number of rotatable bonds is 8. The molecule has 0 fully saturated rings. The molecule has 1 aromatic heterocycles. The zero-order valence-electron chi connectivity index (χ0n) is 16.4. The average molecular weight is 487 g/mol. The number of nitrogens with one attached hydrogen (secondary N) is 2. The van der Waals surface area contributed by atoms with Crippen LogP contribution in [0.25, 0.3) is 0 Å². The molecule has 0 aliphatic heterocycles. The number of furan rings is 1. The van der Waals surface area contributed by atoms with E-state index in [0.29, 0.717) is 18.3 Å². The summed E-state index contributed by atoms with van der Waals surface area (Å²) in [5.74, 6) is 2.83. The molecule has 150 valence electrons. The van der Waals surface area contributed by atoms with Crippen molar-refractivity contribution in [3.05, 3.63) is 53.5 Å². The third kappa shape index (κ3) is 7.06. The number of hydrogen-bond donors (Lipinski definition) is 3. The van der Waals surface area contributed by atoms with E-state index in [1.165, 1.54) is 0 Å². The number of aryl methyl sites for hydroxylation is 1. The van der Waals surface area contributed by atoms with Crippen LogP contribution in [0.2, 0.25) is 0 Å². The van der Waals surface area contributed by atoms with E-state index in [4.69, 9.17) is 9.15 Å². The first kappa shape index (κ1) is 23.3. The van der Waals surface area contributed by atoms with Gasteiger partial charge in [0.05, 0.1) is 13.7 Å². The number of benzene rings is 1. The largest absolute Gasteiger partial charge is 0.496 e. The predicted molar refractivity (Wildman–Crippen MR) is 119 cm³/mol. The molecule has 0 aliphatic carbocycles. The zero-order chi connectivity index (χ0) is 19.0. The maximum absolute atomic E-state index is 10.6. The van der Waals surface area contributed by atoms with Crippen molar-refractivity contribution in [3.8, 4) is 5.75 Å². The van der Waals surface area contributed by atoms with Crippen LogP contribution in [0, 0.1) is 6.92 Å². The van der Waals surface area contributed by atoms with Gasteiger partial charge in [-0.25, -0.2) is 4.99 Å². The monoisotopic (exact) mass is 487 g/mol. The van der Waals surface area contributed by atoms with Crippen LogP contribution in [0.15, 0.2) is 45.8 Å². The highest BCUT2D eigenvalue weighted by Crippen LogP contribution is 2.23. The Kier molecular flexibility index (Phi) is 9.65. The molecule has 3 N–H and O–H groups in total. The van der Waals surface area contributed by atoms with Gasteiger partial charge in [0, 0.05) is 13.1 Å². The lowest BCUT2D eigenvalue weighted by Crippen LogP contribution is -2.39. The molecule has 0 saturated heterocycles. The van der Waals surface area contributed by atoms with Gasteiger partial charge in [-0.2, -0.15) is 0 Å². The minimum Gasteiger partial charge on any atom is -0.496 e. The maximum atomic E-state index is 10.6. The summed E-state index contributed by atoms with van der Waals surface area (Å²) in [7, 11) is 1.68. The van der Waals surface area contributed by atoms with E-state index in [1.807, 2.05) is 38.1 Å². The Hall–Kier alpha value is -1.74. The number of hydrogen-bond acceptors (Lipinski definition) is 4. The van der Waals surface area contributed by atoms with Gasteiger partial charge in [-0.05, 0) is 51.0 Å². The van der Waals surface area contributed by atoms with Crippen LogP contribution in [-0.4, -0.2) is 37.8 Å². The molecule has 0 aliphatic rings. The predicted octanol–water partition coefficient (Wildman–Crippen LogP) is 3.22. The van der Waals surface area contributed by atoms with Crippen LogP contribution in [0.4, 0.5) is 0 Å². The second-order valence-electron chi connectivity index (χ2n) is 6.37. The molecule has 0 spiro atoms. The molecule has 1 unspecified atom stereocenters. The van der Waals surface area contributed by atoms with Gasteiger partial charge in [0.15, 0.2) is 5.96 Å². The van der Waals surface area contributed by atoms with Gasteiger partial charge in [0.25, 0.3) is 0 Å². The first-order valence-electron chi connectivity index (χ1n) is 8.89. The van der Waals surface area contributed by atoms with Crippen LogP contribution in [-0.2, 0) is 12.0 Å². The lowest BCUT2D eigenvalue weighted by atomic mass is 10.0. The zero-order valence-corrected chi connectivity index (χ0v) is 18.7. The van der Waals surface area contributed by atoms with Crippen molar-refractivity contribution in [2.45, 2.75) is 32.8 Å². The molecule has 0 radical (unpaired) electrons. The van der Waals surface area contributed by atoms with E-state index < -0.39 is 5.60 Å². The molecule has 6 nitrogen and oxygen atoms in total. The Bertz CT molecular complexity index is 729. The number of guanidine groups is 1. The summed E-state index contributed by atoms with van der Waals surface area (Å²) >= 11 is 0. The molecule has 2 rings (SSSR count). The highest BCUT2D eigenvalue weighted by atomic mass is 127. The summed E-state index contributed by atoms with van der Waals surface area (Å²) in [6, 6.07) is 11.6. The Morgan fingerprint density at radius 3 is 2.59 bits per heavy atom. The normalized spacial score (nSPS) is 13.4. The molecule has 0 bridgehead atoms. The van der Waals surface area contributed by atoms with Crippen molar-refractivity contribution >= 4 is 29.9 Å². The maximum Gasteiger partial charge on any atom is 0.191 e.